The summed E-state index contributed by atoms with van der Waals surface area (Å²) in [5.74, 6) is 0. The van der Waals surface area contributed by atoms with E-state index in [2.05, 4.69) is 151 Å². The van der Waals surface area contributed by atoms with E-state index in [0.717, 1.165) is 103 Å². The normalized spacial score (nSPS) is 12.1. The lowest BCUT2D eigenvalue weighted by atomic mass is 9.94. The van der Waals surface area contributed by atoms with Gasteiger partial charge >= 0.3 is 0 Å². The number of aryl methyl sites for hydroxylation is 4. The average molecular weight is 969 g/mol. The predicted octanol–water partition coefficient (Wildman–Crippen LogP) is 18.5. The van der Waals surface area contributed by atoms with Crippen LogP contribution in [0, 0.1) is 0 Å². The van der Waals surface area contributed by atoms with Crippen LogP contribution in [0.15, 0.2) is 89.4 Å². The van der Waals surface area contributed by atoms with E-state index in [1.165, 1.54) is 136 Å². The van der Waals surface area contributed by atoms with Crippen LogP contribution in [0.1, 0.15) is 175 Å². The third-order valence-corrected chi connectivity index (χ3v) is 14.7. The Hall–Kier alpha value is -5.46. The van der Waals surface area contributed by atoms with E-state index in [0.29, 0.717) is 0 Å². The molecule has 68 heavy (non-hydrogen) atoms. The van der Waals surface area contributed by atoms with Crippen LogP contribution < -0.4 is 5.73 Å². The fourth-order valence-corrected chi connectivity index (χ4v) is 10.6. The molecule has 2 aliphatic heterocycles. The lowest BCUT2D eigenvalue weighted by Crippen LogP contribution is -1.95. The highest BCUT2D eigenvalue weighted by molar-refractivity contribution is 9.10. The molecule has 354 valence electrons. The number of halogens is 1. The SMILES string of the molecule is CCCCCCc1cc(CCCCCC)cc(-c2c3nc(c(-c4ccc(N)cc4)c4ccc([nH]4)c(-c4cc(CCCCCC)cc(CCCCCC)c4)c4nc(c(Br)c5ccc2[nH]5)C=C4)C=C3)c1. The first-order valence-corrected chi connectivity index (χ1v) is 27.1. The van der Waals surface area contributed by atoms with Crippen molar-refractivity contribution in [3.63, 3.8) is 0 Å². The number of hydrogen-bond acceptors (Lipinski definition) is 3. The summed E-state index contributed by atoms with van der Waals surface area (Å²) >= 11 is 4.07. The second-order valence-corrected chi connectivity index (χ2v) is 20.2. The Morgan fingerprint density at radius 3 is 1.12 bits per heavy atom. The zero-order chi connectivity index (χ0) is 47.2. The maximum Gasteiger partial charge on any atom is 0.0801 e. The molecule has 3 aromatic carbocycles. The van der Waals surface area contributed by atoms with Gasteiger partial charge in [0.15, 0.2) is 0 Å². The molecule has 5 nitrogen and oxygen atoms in total. The summed E-state index contributed by atoms with van der Waals surface area (Å²) in [7, 11) is 0. The van der Waals surface area contributed by atoms with Crippen LogP contribution in [-0.2, 0) is 25.7 Å². The molecule has 6 aromatic rings. The van der Waals surface area contributed by atoms with Gasteiger partial charge in [-0.2, -0.15) is 0 Å². The lowest BCUT2D eigenvalue weighted by Gasteiger charge is -2.12. The number of hydrogen-bond donors (Lipinski definition) is 3. The standard InChI is InChI=1S/C62H74BrN5/c1-5-9-13-17-21-43-37-44(22-18-14-10-6-2)40-48(39-43)60-53-31-29-51(65-53)59(47-25-27-50(64)28-26-47)52-30-32-54(66-52)61(56-34-36-58(68-56)62(63)57-35-33-55(60)67-57)49-41-45(23-19-15-11-7-3)38-46(42-49)24-20-16-12-8-4/h25-42,65,68H,5-24,64H2,1-4H3. The number of H-pyrrole nitrogens is 2. The van der Waals surface area contributed by atoms with Crippen LogP contribution in [0.2, 0.25) is 0 Å². The number of fused-ring (bicyclic) bond motifs is 8. The van der Waals surface area contributed by atoms with Crippen molar-refractivity contribution < 1.29 is 0 Å². The van der Waals surface area contributed by atoms with Crippen LogP contribution >= 0.6 is 15.9 Å². The molecule has 3 aromatic heterocycles. The van der Waals surface area contributed by atoms with E-state index >= 15 is 0 Å². The lowest BCUT2D eigenvalue weighted by molar-refractivity contribution is 0.661. The van der Waals surface area contributed by atoms with Crippen molar-refractivity contribution in [2.24, 2.45) is 0 Å². The largest absolute Gasteiger partial charge is 0.399 e. The summed E-state index contributed by atoms with van der Waals surface area (Å²) in [5, 5.41) is 0. The van der Waals surface area contributed by atoms with Gasteiger partial charge in [-0.25, -0.2) is 9.97 Å². The van der Waals surface area contributed by atoms with E-state index in [-0.39, 0.29) is 0 Å². The molecule has 0 amide bonds. The monoisotopic (exact) mass is 968 g/mol. The fraction of sp³-hybridized carbons (Fsp3) is 0.387. The number of nitrogens with two attached hydrogens (primary N) is 1. The third kappa shape index (κ3) is 12.2. The van der Waals surface area contributed by atoms with Gasteiger partial charge in [0.2, 0.25) is 0 Å². The van der Waals surface area contributed by atoms with Gasteiger partial charge in [0.1, 0.15) is 0 Å². The Bertz CT molecular complexity index is 2740. The molecule has 8 bridgehead atoms. The smallest absolute Gasteiger partial charge is 0.0801 e. The van der Waals surface area contributed by atoms with Crippen LogP contribution in [-0.4, -0.2) is 19.9 Å². The number of aromatic amines is 2. The van der Waals surface area contributed by atoms with Gasteiger partial charge in [0.05, 0.1) is 32.8 Å². The number of unbranched alkanes of at least 4 members (excludes halogenated alkanes) is 12. The van der Waals surface area contributed by atoms with Crippen LogP contribution in [0.3, 0.4) is 0 Å². The highest BCUT2D eigenvalue weighted by atomic mass is 79.9. The minimum absolute atomic E-state index is 0.737. The number of aromatic nitrogens is 4. The molecule has 0 saturated heterocycles. The van der Waals surface area contributed by atoms with Crippen molar-refractivity contribution in [3.8, 4) is 33.4 Å². The Balaban J connectivity index is 1.38. The van der Waals surface area contributed by atoms with Crippen molar-refractivity contribution in [2.45, 2.75) is 156 Å². The number of anilines is 1. The molecular weight excluding hydrogens is 895 g/mol. The van der Waals surface area contributed by atoms with Gasteiger partial charge in [-0.15, -0.1) is 0 Å². The van der Waals surface area contributed by atoms with Gasteiger partial charge in [-0.3, -0.25) is 0 Å². The highest BCUT2D eigenvalue weighted by Gasteiger charge is 2.19. The van der Waals surface area contributed by atoms with Gasteiger partial charge in [0.25, 0.3) is 0 Å². The molecule has 5 heterocycles. The molecule has 0 aliphatic carbocycles. The quantitative estimate of drug-likeness (QED) is 0.0441. The van der Waals surface area contributed by atoms with Crippen molar-refractivity contribution >= 4 is 68.0 Å². The van der Waals surface area contributed by atoms with Gasteiger partial charge < -0.3 is 15.7 Å². The zero-order valence-electron chi connectivity index (χ0n) is 41.4. The molecule has 8 rings (SSSR count). The number of nitrogens with zero attached hydrogens (tertiary/aromatic N) is 2. The fourth-order valence-electron chi connectivity index (χ4n) is 10.1. The molecule has 0 fully saturated rings. The maximum atomic E-state index is 6.33. The Morgan fingerprint density at radius 1 is 0.382 bits per heavy atom. The van der Waals surface area contributed by atoms with Crippen LogP contribution in [0.5, 0.6) is 0 Å². The molecule has 0 radical (unpaired) electrons. The average Bonchev–Trinajstić information content (AvgIpc) is 4.20. The molecule has 2 aliphatic rings. The minimum atomic E-state index is 0.737. The molecule has 6 heteroatoms. The van der Waals surface area contributed by atoms with Crippen molar-refractivity contribution in [1.82, 2.24) is 19.9 Å². The number of nitrogens with one attached hydrogen (secondary N) is 2. The van der Waals surface area contributed by atoms with Gasteiger partial charge in [0, 0.05) is 38.9 Å². The van der Waals surface area contributed by atoms with Crippen molar-refractivity contribution in [2.75, 3.05) is 5.73 Å². The van der Waals surface area contributed by atoms with Gasteiger partial charge in [-0.1, -0.05) is 153 Å². The number of benzene rings is 3. The first-order chi connectivity index (χ1) is 33.3. The molecule has 0 spiro atoms. The van der Waals surface area contributed by atoms with Crippen LogP contribution in [0.4, 0.5) is 5.69 Å². The summed E-state index contributed by atoms with van der Waals surface area (Å²) in [5.41, 5.74) is 27.2. The molecule has 0 saturated carbocycles. The molecular formula is C62H74BrN5. The third-order valence-electron chi connectivity index (χ3n) is 13.8. The first-order valence-electron chi connectivity index (χ1n) is 26.3. The van der Waals surface area contributed by atoms with E-state index in [1.807, 2.05) is 12.1 Å². The van der Waals surface area contributed by atoms with Gasteiger partial charge in [-0.05, 0) is 167 Å². The molecule has 4 N–H and O–H groups in total. The maximum absolute atomic E-state index is 6.33. The van der Waals surface area contributed by atoms with Crippen LogP contribution in [0.25, 0.3) is 79.8 Å². The van der Waals surface area contributed by atoms with E-state index < -0.39 is 0 Å². The Kier molecular flexibility index (Phi) is 17.4. The second-order valence-electron chi connectivity index (χ2n) is 19.4. The van der Waals surface area contributed by atoms with Crippen molar-refractivity contribution in [1.29, 1.82) is 0 Å². The zero-order valence-corrected chi connectivity index (χ0v) is 43.0. The minimum Gasteiger partial charge on any atom is -0.399 e. The molecule has 0 atom stereocenters. The number of nitrogen functional groups attached to an aromatic ring is 1. The summed E-state index contributed by atoms with van der Waals surface area (Å²) in [4.78, 5) is 18.9. The van der Waals surface area contributed by atoms with E-state index in [4.69, 9.17) is 15.7 Å². The number of rotatable bonds is 23. The summed E-state index contributed by atoms with van der Waals surface area (Å²) in [6.07, 6.45) is 33.0. The summed E-state index contributed by atoms with van der Waals surface area (Å²) in [6, 6.07) is 31.8. The predicted molar refractivity (Wildman–Crippen MR) is 299 cm³/mol. The summed E-state index contributed by atoms with van der Waals surface area (Å²) < 4.78 is 0.936. The van der Waals surface area contributed by atoms with Crippen molar-refractivity contribution in [3.05, 3.63) is 134 Å². The second kappa shape index (κ2) is 24.2. The Labute approximate surface area is 415 Å². The first kappa shape index (κ1) is 49.0. The Morgan fingerprint density at radius 2 is 0.721 bits per heavy atom. The van der Waals surface area contributed by atoms with E-state index in [1.54, 1.807) is 0 Å². The van der Waals surface area contributed by atoms with E-state index in [9.17, 15) is 0 Å². The highest BCUT2D eigenvalue weighted by Crippen LogP contribution is 2.39. The molecule has 0 unspecified atom stereocenters. The summed E-state index contributed by atoms with van der Waals surface area (Å²) in [6.45, 7) is 9.16. The topological polar surface area (TPSA) is 83.4 Å².